The summed E-state index contributed by atoms with van der Waals surface area (Å²) in [6.07, 6.45) is 6.55. The van der Waals surface area contributed by atoms with Gasteiger partial charge in [-0.05, 0) is 29.8 Å². The molecule has 0 aliphatic rings. The molecule has 0 amide bonds. The first-order valence-electron chi connectivity index (χ1n) is 9.36. The van der Waals surface area contributed by atoms with Gasteiger partial charge in [0.15, 0.2) is 11.3 Å². The molecule has 5 rings (SSSR count). The Kier molecular flexibility index (Phi) is 4.49. The van der Waals surface area contributed by atoms with Crippen molar-refractivity contribution in [2.24, 2.45) is 5.10 Å². The number of nitrogens with zero attached hydrogens (tertiary/aromatic N) is 7. The summed E-state index contributed by atoms with van der Waals surface area (Å²) in [5.41, 5.74) is 3.43. The van der Waals surface area contributed by atoms with E-state index in [4.69, 9.17) is 14.7 Å². The van der Waals surface area contributed by atoms with Crippen LogP contribution in [0, 0.1) is 0 Å². The number of para-hydroxylation sites is 2. The third kappa shape index (κ3) is 3.01. The number of methoxy groups -OCH3 is 1. The van der Waals surface area contributed by atoms with Crippen LogP contribution in [0.1, 0.15) is 5.56 Å². The van der Waals surface area contributed by atoms with Crippen molar-refractivity contribution in [3.63, 3.8) is 0 Å². The minimum atomic E-state index is -0.204. The third-order valence-electron chi connectivity index (χ3n) is 4.77. The molecule has 30 heavy (non-hydrogen) atoms. The predicted molar refractivity (Wildman–Crippen MR) is 114 cm³/mol. The van der Waals surface area contributed by atoms with Gasteiger partial charge in [-0.15, -0.1) is 0 Å². The van der Waals surface area contributed by atoms with Crippen LogP contribution in [0.5, 0.6) is 0 Å². The summed E-state index contributed by atoms with van der Waals surface area (Å²) in [6.45, 7) is 0.798. The van der Waals surface area contributed by atoms with E-state index in [1.165, 1.54) is 10.9 Å². The SMILES string of the molecule is COCCn1cnc2c(c1=O)c1nc3ccccc3nc1n2N=Cc1ccncc1. The standard InChI is InChI=1S/C21H17N7O2/c1-30-11-10-27-13-23-19-17(21(27)29)18-20(26-16-5-3-2-4-15(16)25-18)28(19)24-12-14-6-8-22-9-7-14/h2-9,12-13H,10-11H2,1H3. The average Bonchev–Trinajstić information content (AvgIpc) is 3.09. The van der Waals surface area contributed by atoms with Gasteiger partial charge in [0, 0.05) is 19.5 Å². The molecular weight excluding hydrogens is 382 g/mol. The second kappa shape index (κ2) is 7.45. The fraction of sp³-hybridized carbons (Fsp3) is 0.143. The molecular formula is C21H17N7O2. The van der Waals surface area contributed by atoms with Gasteiger partial charge in [0.05, 0.1) is 30.4 Å². The van der Waals surface area contributed by atoms with Gasteiger partial charge < -0.3 is 4.74 Å². The van der Waals surface area contributed by atoms with Crippen LogP contribution in [0.25, 0.3) is 33.2 Å². The molecule has 0 aliphatic carbocycles. The van der Waals surface area contributed by atoms with Crippen LogP contribution < -0.4 is 5.56 Å². The molecule has 0 atom stereocenters. The van der Waals surface area contributed by atoms with E-state index in [1.807, 2.05) is 36.4 Å². The smallest absolute Gasteiger partial charge is 0.265 e. The zero-order chi connectivity index (χ0) is 20.5. The van der Waals surface area contributed by atoms with Crippen molar-refractivity contribution in [1.29, 1.82) is 0 Å². The molecule has 1 aromatic carbocycles. The number of ether oxygens (including phenoxy) is 1. The highest BCUT2D eigenvalue weighted by molar-refractivity contribution is 6.04. The van der Waals surface area contributed by atoms with Crippen molar-refractivity contribution in [2.75, 3.05) is 13.7 Å². The highest BCUT2D eigenvalue weighted by Gasteiger charge is 2.19. The van der Waals surface area contributed by atoms with E-state index < -0.39 is 0 Å². The summed E-state index contributed by atoms with van der Waals surface area (Å²) in [7, 11) is 1.59. The van der Waals surface area contributed by atoms with Gasteiger partial charge in [0.2, 0.25) is 0 Å². The van der Waals surface area contributed by atoms with Gasteiger partial charge in [0.1, 0.15) is 17.2 Å². The van der Waals surface area contributed by atoms with E-state index in [2.05, 4.69) is 15.1 Å². The van der Waals surface area contributed by atoms with E-state index in [0.717, 1.165) is 5.56 Å². The van der Waals surface area contributed by atoms with Crippen LogP contribution in [0.2, 0.25) is 0 Å². The lowest BCUT2D eigenvalue weighted by molar-refractivity contribution is 0.186. The van der Waals surface area contributed by atoms with Crippen molar-refractivity contribution >= 4 is 39.4 Å². The molecule has 5 aromatic rings. The summed E-state index contributed by atoms with van der Waals surface area (Å²) in [5, 5.41) is 4.94. The van der Waals surface area contributed by atoms with Crippen molar-refractivity contribution in [3.05, 3.63) is 71.0 Å². The van der Waals surface area contributed by atoms with Gasteiger partial charge in [-0.1, -0.05) is 12.1 Å². The maximum absolute atomic E-state index is 13.2. The quantitative estimate of drug-likeness (QED) is 0.420. The first-order valence-corrected chi connectivity index (χ1v) is 9.36. The lowest BCUT2D eigenvalue weighted by Gasteiger charge is -2.04. The van der Waals surface area contributed by atoms with Gasteiger partial charge in [-0.2, -0.15) is 9.78 Å². The van der Waals surface area contributed by atoms with Gasteiger partial charge >= 0.3 is 0 Å². The number of hydrogen-bond acceptors (Lipinski definition) is 7. The first-order chi connectivity index (χ1) is 14.8. The van der Waals surface area contributed by atoms with Crippen LogP contribution in [0.4, 0.5) is 0 Å². The zero-order valence-electron chi connectivity index (χ0n) is 16.1. The van der Waals surface area contributed by atoms with Gasteiger partial charge in [0.25, 0.3) is 5.56 Å². The summed E-state index contributed by atoms with van der Waals surface area (Å²) in [6, 6.07) is 11.2. The number of aromatic nitrogens is 6. The van der Waals surface area contributed by atoms with Crippen molar-refractivity contribution < 1.29 is 4.74 Å². The Bertz CT molecular complexity index is 1460. The summed E-state index contributed by atoms with van der Waals surface area (Å²) >= 11 is 0. The van der Waals surface area contributed by atoms with Crippen LogP contribution in [-0.2, 0) is 11.3 Å². The molecule has 148 valence electrons. The largest absolute Gasteiger partial charge is 0.383 e. The van der Waals surface area contributed by atoms with Crippen molar-refractivity contribution in [2.45, 2.75) is 6.54 Å². The van der Waals surface area contributed by atoms with E-state index in [-0.39, 0.29) is 5.56 Å². The average molecular weight is 399 g/mol. The highest BCUT2D eigenvalue weighted by Crippen LogP contribution is 2.24. The van der Waals surface area contributed by atoms with Gasteiger partial charge in [-0.3, -0.25) is 14.3 Å². The summed E-state index contributed by atoms with van der Waals surface area (Å²) in [5.74, 6) is 0. The van der Waals surface area contributed by atoms with Crippen LogP contribution in [-0.4, -0.2) is 49.1 Å². The van der Waals surface area contributed by atoms with Gasteiger partial charge in [-0.25, -0.2) is 15.0 Å². The van der Waals surface area contributed by atoms with Crippen LogP contribution >= 0.6 is 0 Å². The van der Waals surface area contributed by atoms with E-state index >= 15 is 0 Å². The molecule has 0 saturated heterocycles. The molecule has 0 spiro atoms. The van der Waals surface area contributed by atoms with Crippen molar-refractivity contribution in [1.82, 2.24) is 29.2 Å². The Morgan fingerprint density at radius 2 is 1.83 bits per heavy atom. The van der Waals surface area contributed by atoms with Crippen LogP contribution in [0.3, 0.4) is 0 Å². The maximum Gasteiger partial charge on any atom is 0.265 e. The summed E-state index contributed by atoms with van der Waals surface area (Å²) < 4.78 is 8.18. The lowest BCUT2D eigenvalue weighted by Crippen LogP contribution is -2.22. The molecule has 9 heteroatoms. The third-order valence-corrected chi connectivity index (χ3v) is 4.77. The Morgan fingerprint density at radius 3 is 2.60 bits per heavy atom. The molecule has 9 nitrogen and oxygen atoms in total. The minimum absolute atomic E-state index is 0.204. The zero-order valence-corrected chi connectivity index (χ0v) is 16.1. The normalized spacial score (nSPS) is 11.9. The maximum atomic E-state index is 13.2. The highest BCUT2D eigenvalue weighted by atomic mass is 16.5. The van der Waals surface area contributed by atoms with E-state index in [9.17, 15) is 4.79 Å². The first kappa shape index (κ1) is 18.1. The Hall–Kier alpha value is -3.98. The number of hydrogen-bond donors (Lipinski definition) is 0. The molecule has 0 bridgehead atoms. The molecule has 0 saturated carbocycles. The van der Waals surface area contributed by atoms with Crippen LogP contribution in [0.15, 0.2) is 65.0 Å². The molecule has 0 radical (unpaired) electrons. The fourth-order valence-corrected chi connectivity index (χ4v) is 3.29. The molecule has 4 heterocycles. The lowest BCUT2D eigenvalue weighted by atomic mass is 10.3. The second-order valence-electron chi connectivity index (χ2n) is 6.66. The van der Waals surface area contributed by atoms with E-state index in [0.29, 0.717) is 46.4 Å². The number of rotatable bonds is 5. The molecule has 4 aromatic heterocycles. The van der Waals surface area contributed by atoms with Crippen molar-refractivity contribution in [3.8, 4) is 0 Å². The topological polar surface area (TPSA) is 100 Å². The molecule has 0 unspecified atom stereocenters. The number of pyridine rings is 1. The number of fused-ring (bicyclic) bond motifs is 4. The minimum Gasteiger partial charge on any atom is -0.383 e. The molecule has 0 fully saturated rings. The Labute approximate surface area is 170 Å². The summed E-state index contributed by atoms with van der Waals surface area (Å²) in [4.78, 5) is 31.1. The Morgan fingerprint density at radius 1 is 1.07 bits per heavy atom. The Balaban J connectivity index is 1.82. The fourth-order valence-electron chi connectivity index (χ4n) is 3.29. The number of benzene rings is 1. The molecule has 0 aliphatic heterocycles. The second-order valence-corrected chi connectivity index (χ2v) is 6.66. The van der Waals surface area contributed by atoms with E-state index in [1.54, 1.807) is 30.4 Å². The predicted octanol–water partition coefficient (Wildman–Crippen LogP) is 2.22. The monoisotopic (exact) mass is 399 g/mol. The molecule has 0 N–H and O–H groups in total.